The SMILES string of the molecule is Fc1ccc(C=C2C=CC=NC2)cc1. The van der Waals surface area contributed by atoms with E-state index in [1.54, 1.807) is 18.3 Å². The third kappa shape index (κ3) is 2.16. The van der Waals surface area contributed by atoms with Crippen LogP contribution in [0, 0.1) is 5.82 Å². The van der Waals surface area contributed by atoms with Crippen LogP contribution in [0.25, 0.3) is 6.08 Å². The molecule has 1 aromatic rings. The molecule has 0 radical (unpaired) electrons. The second-order valence-electron chi connectivity index (χ2n) is 3.12. The molecule has 0 unspecified atom stereocenters. The molecule has 0 saturated carbocycles. The molecule has 2 heteroatoms. The molecule has 1 heterocycles. The highest BCUT2D eigenvalue weighted by Crippen LogP contribution is 2.10. The van der Waals surface area contributed by atoms with Crippen molar-refractivity contribution >= 4 is 12.3 Å². The van der Waals surface area contributed by atoms with Gasteiger partial charge in [-0.25, -0.2) is 4.39 Å². The van der Waals surface area contributed by atoms with Crippen LogP contribution in [0.15, 0.2) is 47.0 Å². The third-order valence-electron chi connectivity index (χ3n) is 2.00. The summed E-state index contributed by atoms with van der Waals surface area (Å²) in [6.07, 6.45) is 7.70. The fraction of sp³-hybridized carbons (Fsp3) is 0.0833. The van der Waals surface area contributed by atoms with E-state index >= 15 is 0 Å². The summed E-state index contributed by atoms with van der Waals surface area (Å²) in [6.45, 7) is 0.702. The largest absolute Gasteiger partial charge is 0.288 e. The number of aliphatic imine (C=N–C) groups is 1. The van der Waals surface area contributed by atoms with Crippen molar-refractivity contribution in [2.75, 3.05) is 6.54 Å². The Kier molecular flexibility index (Phi) is 2.54. The number of nitrogens with zero attached hydrogens (tertiary/aromatic N) is 1. The number of benzene rings is 1. The second kappa shape index (κ2) is 4.01. The Morgan fingerprint density at radius 1 is 1.21 bits per heavy atom. The minimum Gasteiger partial charge on any atom is -0.288 e. The van der Waals surface area contributed by atoms with Crippen LogP contribution in [0.2, 0.25) is 0 Å². The molecule has 1 aliphatic heterocycles. The number of hydrogen-bond acceptors (Lipinski definition) is 1. The summed E-state index contributed by atoms with van der Waals surface area (Å²) in [5.74, 6) is -0.204. The molecular weight excluding hydrogens is 177 g/mol. The van der Waals surface area contributed by atoms with Gasteiger partial charge >= 0.3 is 0 Å². The Hall–Kier alpha value is -1.70. The van der Waals surface area contributed by atoms with Crippen LogP contribution >= 0.6 is 0 Å². The standard InChI is InChI=1S/C12H10FN/c13-12-5-3-10(4-6-12)8-11-2-1-7-14-9-11/h1-8H,9H2. The van der Waals surface area contributed by atoms with Crippen molar-refractivity contribution in [2.24, 2.45) is 4.99 Å². The number of allylic oxidation sites excluding steroid dienone is 1. The molecule has 1 aromatic carbocycles. The van der Waals surface area contributed by atoms with E-state index in [2.05, 4.69) is 4.99 Å². The van der Waals surface area contributed by atoms with Crippen LogP contribution in [-0.2, 0) is 0 Å². The highest BCUT2D eigenvalue weighted by molar-refractivity contribution is 5.75. The molecule has 70 valence electrons. The summed E-state index contributed by atoms with van der Waals surface area (Å²) in [7, 11) is 0. The second-order valence-corrected chi connectivity index (χ2v) is 3.12. The van der Waals surface area contributed by atoms with E-state index in [4.69, 9.17) is 0 Å². The van der Waals surface area contributed by atoms with Crippen LogP contribution < -0.4 is 0 Å². The maximum atomic E-state index is 12.6. The fourth-order valence-electron chi connectivity index (χ4n) is 1.31. The monoisotopic (exact) mass is 187 g/mol. The predicted molar refractivity (Wildman–Crippen MR) is 56.9 cm³/mol. The van der Waals surface area contributed by atoms with Gasteiger partial charge in [0.15, 0.2) is 0 Å². The minimum absolute atomic E-state index is 0.204. The van der Waals surface area contributed by atoms with Gasteiger partial charge in [-0.05, 0) is 35.4 Å². The highest BCUT2D eigenvalue weighted by atomic mass is 19.1. The predicted octanol–water partition coefficient (Wildman–Crippen LogP) is 2.85. The van der Waals surface area contributed by atoms with E-state index in [0.29, 0.717) is 6.54 Å². The molecule has 0 amide bonds. The first-order valence-electron chi connectivity index (χ1n) is 4.47. The number of rotatable bonds is 1. The van der Waals surface area contributed by atoms with Gasteiger partial charge < -0.3 is 0 Å². The first kappa shape index (κ1) is 8.88. The van der Waals surface area contributed by atoms with Crippen LogP contribution in [0.3, 0.4) is 0 Å². The Balaban J connectivity index is 2.21. The van der Waals surface area contributed by atoms with Crippen LogP contribution in [0.4, 0.5) is 4.39 Å². The summed E-state index contributed by atoms with van der Waals surface area (Å²) < 4.78 is 12.6. The first-order valence-corrected chi connectivity index (χ1v) is 4.47. The van der Waals surface area contributed by atoms with E-state index in [0.717, 1.165) is 11.1 Å². The van der Waals surface area contributed by atoms with Gasteiger partial charge in [0.1, 0.15) is 5.82 Å². The van der Waals surface area contributed by atoms with Gasteiger partial charge in [0.25, 0.3) is 0 Å². The molecule has 0 N–H and O–H groups in total. The fourth-order valence-corrected chi connectivity index (χ4v) is 1.31. The normalized spacial score (nSPS) is 17.6. The molecule has 1 nitrogen and oxygen atoms in total. The average Bonchev–Trinajstić information content (AvgIpc) is 2.23. The molecule has 0 saturated heterocycles. The lowest BCUT2D eigenvalue weighted by molar-refractivity contribution is 0.628. The van der Waals surface area contributed by atoms with Gasteiger partial charge in [0.05, 0.1) is 6.54 Å². The van der Waals surface area contributed by atoms with Gasteiger partial charge in [-0.3, -0.25) is 4.99 Å². The molecular formula is C12H10FN. The van der Waals surface area contributed by atoms with Gasteiger partial charge in [-0.2, -0.15) is 0 Å². The van der Waals surface area contributed by atoms with Crippen molar-refractivity contribution < 1.29 is 4.39 Å². The molecule has 2 rings (SSSR count). The molecule has 0 aliphatic carbocycles. The molecule has 0 aromatic heterocycles. The Morgan fingerprint density at radius 3 is 2.64 bits per heavy atom. The quantitative estimate of drug-likeness (QED) is 0.641. The molecule has 0 atom stereocenters. The van der Waals surface area contributed by atoms with E-state index in [-0.39, 0.29) is 5.82 Å². The summed E-state index contributed by atoms with van der Waals surface area (Å²) in [4.78, 5) is 4.12. The summed E-state index contributed by atoms with van der Waals surface area (Å²) in [6, 6.07) is 6.44. The van der Waals surface area contributed by atoms with Gasteiger partial charge in [0.2, 0.25) is 0 Å². The first-order chi connectivity index (χ1) is 6.84. The van der Waals surface area contributed by atoms with Crippen LogP contribution in [-0.4, -0.2) is 12.8 Å². The lowest BCUT2D eigenvalue weighted by Crippen LogP contribution is -1.90. The third-order valence-corrected chi connectivity index (χ3v) is 2.00. The molecule has 0 fully saturated rings. The van der Waals surface area contributed by atoms with E-state index in [1.165, 1.54) is 12.1 Å². The highest BCUT2D eigenvalue weighted by Gasteiger charge is 1.95. The molecule has 0 bridgehead atoms. The van der Waals surface area contributed by atoms with Crippen LogP contribution in [0.5, 0.6) is 0 Å². The minimum atomic E-state index is -0.204. The number of dihydropyridines is 1. The average molecular weight is 187 g/mol. The zero-order valence-corrected chi connectivity index (χ0v) is 7.65. The topological polar surface area (TPSA) is 12.4 Å². The van der Waals surface area contributed by atoms with E-state index < -0.39 is 0 Å². The van der Waals surface area contributed by atoms with E-state index in [9.17, 15) is 4.39 Å². The van der Waals surface area contributed by atoms with Crippen molar-refractivity contribution in [1.29, 1.82) is 0 Å². The van der Waals surface area contributed by atoms with Gasteiger partial charge in [-0.1, -0.05) is 18.2 Å². The maximum Gasteiger partial charge on any atom is 0.123 e. The summed E-state index contributed by atoms with van der Waals surface area (Å²) >= 11 is 0. The van der Waals surface area contributed by atoms with Crippen molar-refractivity contribution in [2.45, 2.75) is 0 Å². The molecule has 0 spiro atoms. The Morgan fingerprint density at radius 2 is 2.00 bits per heavy atom. The van der Waals surface area contributed by atoms with E-state index in [1.807, 2.05) is 18.2 Å². The zero-order chi connectivity index (χ0) is 9.80. The maximum absolute atomic E-state index is 12.6. The van der Waals surface area contributed by atoms with Gasteiger partial charge in [-0.15, -0.1) is 0 Å². The van der Waals surface area contributed by atoms with Crippen LogP contribution in [0.1, 0.15) is 5.56 Å². The Labute approximate surface area is 82.3 Å². The smallest absolute Gasteiger partial charge is 0.123 e. The number of halogens is 1. The van der Waals surface area contributed by atoms with Crippen molar-refractivity contribution in [3.8, 4) is 0 Å². The summed E-state index contributed by atoms with van der Waals surface area (Å²) in [5.41, 5.74) is 2.14. The summed E-state index contributed by atoms with van der Waals surface area (Å²) in [5, 5.41) is 0. The van der Waals surface area contributed by atoms with Gasteiger partial charge in [0, 0.05) is 6.21 Å². The Bertz CT molecular complexity index is 399. The van der Waals surface area contributed by atoms with Crippen molar-refractivity contribution in [1.82, 2.24) is 0 Å². The zero-order valence-electron chi connectivity index (χ0n) is 7.65. The lowest BCUT2D eigenvalue weighted by Gasteiger charge is -2.01. The van der Waals surface area contributed by atoms with Crippen molar-refractivity contribution in [3.63, 3.8) is 0 Å². The number of hydrogen-bond donors (Lipinski definition) is 0. The molecule has 14 heavy (non-hydrogen) atoms. The van der Waals surface area contributed by atoms with Crippen molar-refractivity contribution in [3.05, 3.63) is 53.4 Å². The lowest BCUT2D eigenvalue weighted by atomic mass is 10.1. The molecule has 1 aliphatic rings.